The van der Waals surface area contributed by atoms with E-state index >= 15 is 0 Å². The highest BCUT2D eigenvalue weighted by molar-refractivity contribution is 5.87. The van der Waals surface area contributed by atoms with Gasteiger partial charge in [0, 0.05) is 19.6 Å². The Morgan fingerprint density at radius 2 is 2.17 bits per heavy atom. The minimum absolute atomic E-state index is 0.0554. The predicted molar refractivity (Wildman–Crippen MR) is 87.1 cm³/mol. The normalized spacial score (nSPS) is 21.0. The van der Waals surface area contributed by atoms with Gasteiger partial charge >= 0.3 is 5.97 Å². The van der Waals surface area contributed by atoms with Gasteiger partial charge in [0.15, 0.2) is 0 Å². The van der Waals surface area contributed by atoms with E-state index in [0.29, 0.717) is 5.69 Å². The Hall–Kier alpha value is -1.72. The topological polar surface area (TPSA) is 51.7 Å². The number of carbonyl (C=O) groups excluding carboxylic acids is 1. The minimum atomic E-state index is -0.388. The molecular weight excluding hydrogens is 292 g/mol. The second-order valence-electron chi connectivity index (χ2n) is 6.44. The highest BCUT2D eigenvalue weighted by Gasteiger charge is 2.35. The largest absolute Gasteiger partial charge is 0.464 e. The number of methoxy groups -OCH3 is 1. The van der Waals surface area contributed by atoms with E-state index < -0.39 is 0 Å². The molecule has 0 unspecified atom stereocenters. The van der Waals surface area contributed by atoms with Gasteiger partial charge < -0.3 is 9.47 Å². The molecule has 23 heavy (non-hydrogen) atoms. The van der Waals surface area contributed by atoms with Gasteiger partial charge in [-0.25, -0.2) is 9.78 Å². The summed E-state index contributed by atoms with van der Waals surface area (Å²) in [7, 11) is 1.38. The second kappa shape index (κ2) is 6.81. The Kier molecular flexibility index (Phi) is 4.78. The van der Waals surface area contributed by atoms with Crippen molar-refractivity contribution in [3.05, 3.63) is 41.2 Å². The summed E-state index contributed by atoms with van der Waals surface area (Å²) in [6.45, 7) is 5.75. The first kappa shape index (κ1) is 16.1. The number of pyridine rings is 1. The molecule has 2 aliphatic heterocycles. The quantitative estimate of drug-likeness (QED) is 0.634. The molecule has 1 spiro atoms. The summed E-state index contributed by atoms with van der Waals surface area (Å²) in [6, 6.07) is 5.50. The molecule has 0 amide bonds. The van der Waals surface area contributed by atoms with Crippen LogP contribution < -0.4 is 0 Å². The number of hydrogen-bond donors (Lipinski definition) is 0. The van der Waals surface area contributed by atoms with Crippen molar-refractivity contribution in [2.24, 2.45) is 0 Å². The lowest BCUT2D eigenvalue weighted by molar-refractivity contribution is -0.0578. The Labute approximate surface area is 137 Å². The fourth-order valence-electron chi connectivity index (χ4n) is 3.37. The summed E-state index contributed by atoms with van der Waals surface area (Å²) in [5.41, 5.74) is 2.66. The van der Waals surface area contributed by atoms with Crippen molar-refractivity contribution < 1.29 is 14.3 Å². The number of hydrogen-bond acceptors (Lipinski definition) is 5. The number of rotatable bonds is 3. The Balaban J connectivity index is 1.61. The van der Waals surface area contributed by atoms with E-state index in [0.717, 1.165) is 51.2 Å². The summed E-state index contributed by atoms with van der Waals surface area (Å²) in [6.07, 6.45) is 5.40. The average Bonchev–Trinajstić information content (AvgIpc) is 2.57. The lowest BCUT2D eigenvalue weighted by Crippen LogP contribution is -2.46. The zero-order valence-electron chi connectivity index (χ0n) is 13.9. The number of likely N-dealkylation sites (tertiary alicyclic amines) is 1. The Bertz CT molecular complexity index is 604. The van der Waals surface area contributed by atoms with Crippen LogP contribution in [0.2, 0.25) is 0 Å². The lowest BCUT2D eigenvalue weighted by atomic mass is 9.87. The fourth-order valence-corrected chi connectivity index (χ4v) is 3.37. The standard InChI is InChI=1S/C18H24N2O3/c1-14-6-11-23-18(12-14)7-9-20(10-8-18)13-15-4-3-5-16(19-15)17(21)22-2/h3-5,12H,6-11,13H2,1-2H3. The van der Waals surface area contributed by atoms with Gasteiger partial charge in [-0.3, -0.25) is 4.90 Å². The van der Waals surface area contributed by atoms with Crippen LogP contribution in [0.25, 0.3) is 0 Å². The molecule has 0 aromatic carbocycles. The number of piperidine rings is 1. The molecule has 0 N–H and O–H groups in total. The molecule has 1 aromatic rings. The van der Waals surface area contributed by atoms with Crippen molar-refractivity contribution in [3.63, 3.8) is 0 Å². The number of esters is 1. The summed E-state index contributed by atoms with van der Waals surface area (Å²) in [5.74, 6) is -0.388. The highest BCUT2D eigenvalue weighted by Crippen LogP contribution is 2.33. The van der Waals surface area contributed by atoms with Crippen molar-refractivity contribution in [2.45, 2.75) is 38.3 Å². The van der Waals surface area contributed by atoms with Gasteiger partial charge in [-0.1, -0.05) is 17.7 Å². The molecule has 3 heterocycles. The van der Waals surface area contributed by atoms with Crippen LogP contribution in [0.15, 0.2) is 29.8 Å². The molecule has 2 aliphatic rings. The van der Waals surface area contributed by atoms with Gasteiger partial charge in [-0.2, -0.15) is 0 Å². The molecule has 5 nitrogen and oxygen atoms in total. The molecule has 3 rings (SSSR count). The molecular formula is C18H24N2O3. The zero-order valence-corrected chi connectivity index (χ0v) is 13.9. The van der Waals surface area contributed by atoms with Crippen molar-refractivity contribution in [1.82, 2.24) is 9.88 Å². The van der Waals surface area contributed by atoms with E-state index in [4.69, 9.17) is 9.47 Å². The van der Waals surface area contributed by atoms with Gasteiger partial charge in [0.05, 0.1) is 25.0 Å². The second-order valence-corrected chi connectivity index (χ2v) is 6.44. The SMILES string of the molecule is COC(=O)c1cccc(CN2CCC3(C=C(C)CCO3)CC2)n1. The van der Waals surface area contributed by atoms with Crippen LogP contribution in [0, 0.1) is 0 Å². The van der Waals surface area contributed by atoms with Gasteiger partial charge in [-0.05, 0) is 38.3 Å². The average molecular weight is 316 g/mol. The first-order valence-corrected chi connectivity index (χ1v) is 8.19. The lowest BCUT2D eigenvalue weighted by Gasteiger charge is -2.42. The maximum Gasteiger partial charge on any atom is 0.356 e. The van der Waals surface area contributed by atoms with Gasteiger partial charge in [-0.15, -0.1) is 0 Å². The van der Waals surface area contributed by atoms with Crippen molar-refractivity contribution in [2.75, 3.05) is 26.8 Å². The highest BCUT2D eigenvalue weighted by atomic mass is 16.5. The van der Waals surface area contributed by atoms with Crippen LogP contribution in [0.1, 0.15) is 42.4 Å². The smallest absolute Gasteiger partial charge is 0.356 e. The van der Waals surface area contributed by atoms with E-state index in [2.05, 4.69) is 22.9 Å². The monoisotopic (exact) mass is 316 g/mol. The minimum Gasteiger partial charge on any atom is -0.464 e. The van der Waals surface area contributed by atoms with E-state index in [1.54, 1.807) is 6.07 Å². The Morgan fingerprint density at radius 1 is 1.39 bits per heavy atom. The molecule has 0 saturated carbocycles. The third-order valence-electron chi connectivity index (χ3n) is 4.68. The molecule has 1 aromatic heterocycles. The van der Waals surface area contributed by atoms with E-state index in [1.807, 2.05) is 12.1 Å². The number of ether oxygens (including phenoxy) is 2. The van der Waals surface area contributed by atoms with Crippen LogP contribution in [0.4, 0.5) is 0 Å². The summed E-state index contributed by atoms with van der Waals surface area (Å²) in [4.78, 5) is 18.3. The number of nitrogens with zero attached hydrogens (tertiary/aromatic N) is 2. The van der Waals surface area contributed by atoms with Crippen LogP contribution in [-0.4, -0.2) is 48.3 Å². The molecule has 1 saturated heterocycles. The van der Waals surface area contributed by atoms with Crippen LogP contribution in [0.5, 0.6) is 0 Å². The maximum absolute atomic E-state index is 11.6. The van der Waals surface area contributed by atoms with Gasteiger partial charge in [0.25, 0.3) is 0 Å². The third kappa shape index (κ3) is 3.79. The fraction of sp³-hybridized carbons (Fsp3) is 0.556. The van der Waals surface area contributed by atoms with E-state index in [-0.39, 0.29) is 11.6 Å². The zero-order chi connectivity index (χ0) is 16.3. The maximum atomic E-state index is 11.6. The molecule has 1 fully saturated rings. The van der Waals surface area contributed by atoms with Gasteiger partial charge in [0.2, 0.25) is 0 Å². The van der Waals surface area contributed by atoms with Crippen molar-refractivity contribution in [3.8, 4) is 0 Å². The van der Waals surface area contributed by atoms with Crippen LogP contribution in [0.3, 0.4) is 0 Å². The first-order chi connectivity index (χ1) is 11.1. The summed E-state index contributed by atoms with van der Waals surface area (Å²) in [5, 5.41) is 0. The van der Waals surface area contributed by atoms with E-state index in [9.17, 15) is 4.79 Å². The van der Waals surface area contributed by atoms with Gasteiger partial charge in [0.1, 0.15) is 5.69 Å². The molecule has 0 bridgehead atoms. The molecule has 0 atom stereocenters. The molecule has 124 valence electrons. The number of carbonyl (C=O) groups is 1. The molecule has 0 radical (unpaired) electrons. The molecule has 5 heteroatoms. The van der Waals surface area contributed by atoms with Crippen LogP contribution >= 0.6 is 0 Å². The number of aromatic nitrogens is 1. The first-order valence-electron chi connectivity index (χ1n) is 8.19. The Morgan fingerprint density at radius 3 is 2.87 bits per heavy atom. The third-order valence-corrected chi connectivity index (χ3v) is 4.68. The molecule has 0 aliphatic carbocycles. The summed E-state index contributed by atoms with van der Waals surface area (Å²) >= 11 is 0. The van der Waals surface area contributed by atoms with E-state index in [1.165, 1.54) is 12.7 Å². The van der Waals surface area contributed by atoms with Crippen LogP contribution in [-0.2, 0) is 16.0 Å². The predicted octanol–water partition coefficient (Wildman–Crippen LogP) is 2.57. The summed E-state index contributed by atoms with van der Waals surface area (Å²) < 4.78 is 10.8. The van der Waals surface area contributed by atoms with Crippen molar-refractivity contribution in [1.29, 1.82) is 0 Å². The van der Waals surface area contributed by atoms with Crippen molar-refractivity contribution >= 4 is 5.97 Å².